The highest BCUT2D eigenvalue weighted by Crippen LogP contribution is 2.29. The molecule has 3 rings (SSSR count). The molecule has 26 heavy (non-hydrogen) atoms. The lowest BCUT2D eigenvalue weighted by Gasteiger charge is -2.09. The predicted octanol–water partition coefficient (Wildman–Crippen LogP) is 5.11. The minimum absolute atomic E-state index is 0.0189. The highest BCUT2D eigenvalue weighted by atomic mass is 32.1. The quantitative estimate of drug-likeness (QED) is 0.635. The van der Waals surface area contributed by atoms with Gasteiger partial charge in [-0.25, -0.2) is 4.98 Å². The van der Waals surface area contributed by atoms with Crippen LogP contribution in [0, 0.1) is 26.7 Å². The van der Waals surface area contributed by atoms with E-state index in [0.717, 1.165) is 28.7 Å². The molecule has 0 radical (unpaired) electrons. The van der Waals surface area contributed by atoms with E-state index in [1.54, 1.807) is 11.3 Å². The number of fused-ring (bicyclic) bond motifs is 1. The second-order valence-electron chi connectivity index (χ2n) is 7.20. The third kappa shape index (κ3) is 3.83. The van der Waals surface area contributed by atoms with Gasteiger partial charge in [-0.15, -0.1) is 11.3 Å². The molecule has 2 heterocycles. The summed E-state index contributed by atoms with van der Waals surface area (Å²) in [6, 6.07) is 6.27. The van der Waals surface area contributed by atoms with Gasteiger partial charge in [-0.05, 0) is 61.9 Å². The van der Waals surface area contributed by atoms with Crippen molar-refractivity contribution in [2.24, 2.45) is 5.92 Å². The van der Waals surface area contributed by atoms with Gasteiger partial charge in [0, 0.05) is 10.6 Å². The largest absolute Gasteiger partial charge is 0.378 e. The highest BCUT2D eigenvalue weighted by molar-refractivity contribution is 7.18. The number of nitrogens with one attached hydrogen (secondary N) is 2. The third-order valence-electron chi connectivity index (χ3n) is 5.13. The highest BCUT2D eigenvalue weighted by Gasteiger charge is 2.16. The molecule has 0 aliphatic heterocycles. The van der Waals surface area contributed by atoms with Crippen LogP contribution in [0.5, 0.6) is 0 Å². The maximum Gasteiger partial charge on any atom is 0.259 e. The van der Waals surface area contributed by atoms with Gasteiger partial charge in [0.25, 0.3) is 5.56 Å². The summed E-state index contributed by atoms with van der Waals surface area (Å²) in [4.78, 5) is 22.4. The first kappa shape index (κ1) is 18.6. The summed E-state index contributed by atoms with van der Waals surface area (Å²) in [5.41, 5.74) is 4.70. The summed E-state index contributed by atoms with van der Waals surface area (Å²) in [5, 5.41) is 4.14. The van der Waals surface area contributed by atoms with E-state index in [4.69, 9.17) is 4.98 Å². The summed E-state index contributed by atoms with van der Waals surface area (Å²) < 4.78 is 0. The number of rotatable bonds is 6. The fourth-order valence-corrected chi connectivity index (χ4v) is 4.15. The molecule has 0 aliphatic carbocycles. The number of thiophene rings is 1. The van der Waals surface area contributed by atoms with Gasteiger partial charge in [0.05, 0.1) is 11.9 Å². The minimum Gasteiger partial charge on any atom is -0.378 e. The van der Waals surface area contributed by atoms with E-state index < -0.39 is 0 Å². The summed E-state index contributed by atoms with van der Waals surface area (Å²) in [5.74, 6) is 1.24. The smallest absolute Gasteiger partial charge is 0.259 e. The van der Waals surface area contributed by atoms with Crippen molar-refractivity contribution in [2.75, 3.05) is 5.32 Å². The Hall–Kier alpha value is -2.14. The van der Waals surface area contributed by atoms with Crippen LogP contribution in [0.15, 0.2) is 23.0 Å². The molecule has 5 heteroatoms. The molecule has 0 saturated carbocycles. The van der Waals surface area contributed by atoms with Gasteiger partial charge < -0.3 is 10.3 Å². The first-order chi connectivity index (χ1) is 12.4. The zero-order valence-corrected chi connectivity index (χ0v) is 17.0. The summed E-state index contributed by atoms with van der Waals surface area (Å²) in [6.07, 6.45) is 2.05. The lowest BCUT2D eigenvalue weighted by molar-refractivity contribution is 0.561. The van der Waals surface area contributed by atoms with E-state index in [-0.39, 0.29) is 5.56 Å². The van der Waals surface area contributed by atoms with Gasteiger partial charge in [0.1, 0.15) is 10.7 Å². The second kappa shape index (κ2) is 7.62. The standard InChI is InChI=1S/C21H27N3OS/c1-6-12(2)9-17-15(5)26-21-19(17)20(25)23-18(24-21)11-22-16-8-7-13(3)14(4)10-16/h7-8,10,12,22H,6,9,11H2,1-5H3,(H,23,24,25). The number of hydrogen-bond donors (Lipinski definition) is 2. The van der Waals surface area contributed by atoms with E-state index in [2.05, 4.69) is 63.1 Å². The Balaban J connectivity index is 1.87. The summed E-state index contributed by atoms with van der Waals surface area (Å²) >= 11 is 1.63. The Kier molecular flexibility index (Phi) is 5.47. The number of anilines is 1. The van der Waals surface area contributed by atoms with Crippen molar-refractivity contribution < 1.29 is 0 Å². The van der Waals surface area contributed by atoms with Crippen molar-refractivity contribution in [1.29, 1.82) is 0 Å². The molecule has 2 N–H and O–H groups in total. The molecule has 1 unspecified atom stereocenters. The van der Waals surface area contributed by atoms with Crippen LogP contribution in [0.1, 0.15) is 47.7 Å². The molecule has 1 atom stereocenters. The first-order valence-electron chi connectivity index (χ1n) is 9.21. The third-order valence-corrected chi connectivity index (χ3v) is 6.17. The molecule has 138 valence electrons. The monoisotopic (exact) mass is 369 g/mol. The lowest BCUT2D eigenvalue weighted by Crippen LogP contribution is -2.15. The summed E-state index contributed by atoms with van der Waals surface area (Å²) in [6.45, 7) is 11.2. The van der Waals surface area contributed by atoms with Crippen LogP contribution in [0.2, 0.25) is 0 Å². The average Bonchev–Trinajstić information content (AvgIpc) is 2.91. The number of H-pyrrole nitrogens is 1. The van der Waals surface area contributed by atoms with E-state index in [1.165, 1.54) is 21.6 Å². The van der Waals surface area contributed by atoms with Crippen LogP contribution in [-0.2, 0) is 13.0 Å². The molecule has 4 nitrogen and oxygen atoms in total. The van der Waals surface area contributed by atoms with Gasteiger partial charge in [-0.1, -0.05) is 26.3 Å². The van der Waals surface area contributed by atoms with Crippen LogP contribution in [0.3, 0.4) is 0 Å². The molecule has 3 aromatic rings. The molecular formula is C21H27N3OS. The van der Waals surface area contributed by atoms with Crippen LogP contribution >= 0.6 is 11.3 Å². The van der Waals surface area contributed by atoms with Crippen LogP contribution < -0.4 is 10.9 Å². The van der Waals surface area contributed by atoms with E-state index in [1.807, 2.05) is 0 Å². The molecule has 0 bridgehead atoms. The van der Waals surface area contributed by atoms with E-state index in [9.17, 15) is 4.79 Å². The fourth-order valence-electron chi connectivity index (χ4n) is 3.08. The number of hydrogen-bond acceptors (Lipinski definition) is 4. The van der Waals surface area contributed by atoms with Crippen molar-refractivity contribution in [3.05, 3.63) is 55.9 Å². The molecule has 1 aromatic carbocycles. The maximum absolute atomic E-state index is 12.7. The molecular weight excluding hydrogens is 342 g/mol. The van der Waals surface area contributed by atoms with Crippen LogP contribution in [0.25, 0.3) is 10.2 Å². The number of nitrogens with zero attached hydrogens (tertiary/aromatic N) is 1. The average molecular weight is 370 g/mol. The normalized spacial score (nSPS) is 12.5. The molecule has 0 spiro atoms. The van der Waals surface area contributed by atoms with Crippen molar-refractivity contribution >= 4 is 27.2 Å². The first-order valence-corrected chi connectivity index (χ1v) is 10.0. The van der Waals surface area contributed by atoms with E-state index in [0.29, 0.717) is 18.3 Å². The Bertz CT molecular complexity index is 987. The van der Waals surface area contributed by atoms with Crippen molar-refractivity contribution in [3.8, 4) is 0 Å². The SMILES string of the molecule is CCC(C)Cc1c(C)sc2nc(CNc3ccc(C)c(C)c3)[nH]c(=O)c12. The Morgan fingerprint density at radius 2 is 2.00 bits per heavy atom. The predicted molar refractivity (Wildman–Crippen MR) is 111 cm³/mol. The van der Waals surface area contributed by atoms with Gasteiger partial charge in [-0.3, -0.25) is 4.79 Å². The van der Waals surface area contributed by atoms with Crippen molar-refractivity contribution in [2.45, 2.75) is 54.0 Å². The number of aryl methyl sites for hydroxylation is 3. The summed E-state index contributed by atoms with van der Waals surface area (Å²) in [7, 11) is 0. The zero-order chi connectivity index (χ0) is 18.8. The van der Waals surface area contributed by atoms with Gasteiger partial charge in [0.15, 0.2) is 0 Å². The molecule has 2 aromatic heterocycles. The van der Waals surface area contributed by atoms with Crippen LogP contribution in [0.4, 0.5) is 5.69 Å². The Labute approximate surface area is 158 Å². The zero-order valence-electron chi connectivity index (χ0n) is 16.2. The molecule has 0 saturated heterocycles. The fraction of sp³-hybridized carbons (Fsp3) is 0.429. The van der Waals surface area contributed by atoms with Gasteiger partial charge in [-0.2, -0.15) is 0 Å². The molecule has 0 fully saturated rings. The van der Waals surface area contributed by atoms with Gasteiger partial charge in [0.2, 0.25) is 0 Å². The van der Waals surface area contributed by atoms with Crippen molar-refractivity contribution in [3.63, 3.8) is 0 Å². The van der Waals surface area contributed by atoms with Gasteiger partial charge >= 0.3 is 0 Å². The number of aromatic amines is 1. The molecule has 0 amide bonds. The number of aromatic nitrogens is 2. The van der Waals surface area contributed by atoms with E-state index >= 15 is 0 Å². The Morgan fingerprint density at radius 1 is 1.23 bits per heavy atom. The minimum atomic E-state index is -0.0189. The van der Waals surface area contributed by atoms with Crippen molar-refractivity contribution in [1.82, 2.24) is 9.97 Å². The second-order valence-corrected chi connectivity index (χ2v) is 8.40. The Morgan fingerprint density at radius 3 is 2.69 bits per heavy atom. The van der Waals surface area contributed by atoms with Crippen LogP contribution in [-0.4, -0.2) is 9.97 Å². The molecule has 0 aliphatic rings. The topological polar surface area (TPSA) is 57.8 Å². The lowest BCUT2D eigenvalue weighted by atomic mass is 9.98. The maximum atomic E-state index is 12.7. The number of benzene rings is 1.